The van der Waals surface area contributed by atoms with Crippen LogP contribution in [0.25, 0.3) is 22.1 Å². The summed E-state index contributed by atoms with van der Waals surface area (Å²) in [6.45, 7) is 1.92. The largest absolute Gasteiger partial charge is 0.326 e. The fraction of sp³-hybridized carbons (Fsp3) is 0.300. The number of rotatable bonds is 3. The van der Waals surface area contributed by atoms with Crippen molar-refractivity contribution < 1.29 is 8.42 Å². The molecule has 0 unspecified atom stereocenters. The van der Waals surface area contributed by atoms with E-state index in [1.807, 2.05) is 12.4 Å². The van der Waals surface area contributed by atoms with Crippen molar-refractivity contribution in [2.75, 3.05) is 13.1 Å². The lowest BCUT2D eigenvalue weighted by atomic mass is 10.1. The van der Waals surface area contributed by atoms with Crippen LogP contribution in [0.2, 0.25) is 0 Å². The monoisotopic (exact) mass is 395 g/mol. The number of imidazole rings is 1. The van der Waals surface area contributed by atoms with E-state index in [4.69, 9.17) is 0 Å². The van der Waals surface area contributed by atoms with E-state index >= 15 is 0 Å². The minimum atomic E-state index is -3.71. The lowest BCUT2D eigenvalue weighted by Crippen LogP contribution is -2.23. The van der Waals surface area contributed by atoms with Crippen molar-refractivity contribution in [2.45, 2.75) is 30.2 Å². The number of hydrogen-bond acceptors (Lipinski definition) is 5. The molecule has 0 aliphatic carbocycles. The molecule has 0 amide bonds. The Morgan fingerprint density at radius 2 is 1.93 bits per heavy atom. The second-order valence-corrected chi connectivity index (χ2v) is 8.98. The minimum absolute atomic E-state index is 0.246. The molecular weight excluding hydrogens is 374 g/mol. The fourth-order valence-corrected chi connectivity index (χ4v) is 5.32. The van der Waals surface area contributed by atoms with Gasteiger partial charge in [0.1, 0.15) is 5.52 Å². The number of hydrogen-bond donors (Lipinski definition) is 1. The van der Waals surface area contributed by atoms with Crippen molar-refractivity contribution in [1.82, 2.24) is 23.8 Å². The zero-order chi connectivity index (χ0) is 19.1. The maximum Gasteiger partial charge on any atom is 0.269 e. The van der Waals surface area contributed by atoms with Crippen molar-refractivity contribution in [3.63, 3.8) is 0 Å². The SMILES string of the molecule is O=S(=O)(c1ccccc1)n1ccc2c3c(cnc21)ncn3[C@H]1CCCCNC1. The zero-order valence-electron chi connectivity index (χ0n) is 15.3. The van der Waals surface area contributed by atoms with Crippen molar-refractivity contribution in [1.29, 1.82) is 0 Å². The van der Waals surface area contributed by atoms with E-state index in [2.05, 4.69) is 19.9 Å². The first-order chi connectivity index (χ1) is 13.7. The molecule has 144 valence electrons. The van der Waals surface area contributed by atoms with E-state index in [1.165, 1.54) is 10.4 Å². The molecule has 1 aliphatic heterocycles. The number of nitrogens with one attached hydrogen (secondary N) is 1. The molecule has 28 heavy (non-hydrogen) atoms. The molecule has 4 heterocycles. The lowest BCUT2D eigenvalue weighted by Gasteiger charge is -2.17. The van der Waals surface area contributed by atoms with Gasteiger partial charge in [0, 0.05) is 24.2 Å². The molecule has 1 atom stereocenters. The predicted octanol–water partition coefficient (Wildman–Crippen LogP) is 2.94. The third-order valence-electron chi connectivity index (χ3n) is 5.43. The summed E-state index contributed by atoms with van der Waals surface area (Å²) in [6, 6.07) is 10.6. The summed E-state index contributed by atoms with van der Waals surface area (Å²) in [5.41, 5.74) is 2.16. The minimum Gasteiger partial charge on any atom is -0.326 e. The second-order valence-electron chi connectivity index (χ2n) is 7.16. The molecule has 0 bridgehead atoms. The Morgan fingerprint density at radius 3 is 2.79 bits per heavy atom. The maximum atomic E-state index is 13.1. The molecule has 7 nitrogen and oxygen atoms in total. The Bertz CT molecular complexity index is 1240. The molecule has 1 fully saturated rings. The van der Waals surface area contributed by atoms with Gasteiger partial charge in [0.05, 0.1) is 22.9 Å². The van der Waals surface area contributed by atoms with Crippen molar-refractivity contribution in [3.05, 3.63) is 55.1 Å². The van der Waals surface area contributed by atoms with Crippen LogP contribution >= 0.6 is 0 Å². The Morgan fingerprint density at radius 1 is 1.07 bits per heavy atom. The molecule has 0 spiro atoms. The summed E-state index contributed by atoms with van der Waals surface area (Å²) in [5.74, 6) is 0. The van der Waals surface area contributed by atoms with Crippen molar-refractivity contribution >= 4 is 32.1 Å². The molecule has 3 aromatic heterocycles. The Hall–Kier alpha value is -2.71. The molecule has 0 saturated carbocycles. The smallest absolute Gasteiger partial charge is 0.269 e. The van der Waals surface area contributed by atoms with Crippen molar-refractivity contribution in [3.8, 4) is 0 Å². The third-order valence-corrected chi connectivity index (χ3v) is 7.11. The van der Waals surface area contributed by atoms with Crippen LogP contribution in [0, 0.1) is 0 Å². The summed E-state index contributed by atoms with van der Waals surface area (Å²) in [6.07, 6.45) is 8.51. The van der Waals surface area contributed by atoms with Gasteiger partial charge >= 0.3 is 0 Å². The van der Waals surface area contributed by atoms with Gasteiger partial charge in [0.25, 0.3) is 10.0 Å². The first kappa shape index (κ1) is 17.4. The average molecular weight is 395 g/mol. The Labute approximate surface area is 163 Å². The summed E-state index contributed by atoms with van der Waals surface area (Å²) in [5, 5.41) is 4.29. The van der Waals surface area contributed by atoms with Gasteiger partial charge in [-0.25, -0.2) is 22.4 Å². The quantitative estimate of drug-likeness (QED) is 0.577. The van der Waals surface area contributed by atoms with Crippen LogP contribution < -0.4 is 5.32 Å². The van der Waals surface area contributed by atoms with E-state index in [9.17, 15) is 8.42 Å². The number of aromatic nitrogens is 4. The average Bonchev–Trinajstić information content (AvgIpc) is 3.25. The highest BCUT2D eigenvalue weighted by Crippen LogP contribution is 2.30. The molecule has 1 aromatic carbocycles. The van der Waals surface area contributed by atoms with Gasteiger partial charge in [-0.05, 0) is 37.6 Å². The zero-order valence-corrected chi connectivity index (χ0v) is 16.1. The lowest BCUT2D eigenvalue weighted by molar-refractivity contribution is 0.472. The highest BCUT2D eigenvalue weighted by Gasteiger charge is 2.23. The van der Waals surface area contributed by atoms with E-state index in [0.717, 1.165) is 42.4 Å². The topological polar surface area (TPSA) is 81.8 Å². The van der Waals surface area contributed by atoms with Gasteiger partial charge in [0.2, 0.25) is 0 Å². The van der Waals surface area contributed by atoms with Gasteiger partial charge in [-0.15, -0.1) is 0 Å². The van der Waals surface area contributed by atoms with Crippen LogP contribution in [-0.2, 0) is 10.0 Å². The predicted molar refractivity (Wildman–Crippen MR) is 108 cm³/mol. The van der Waals surface area contributed by atoms with Crippen molar-refractivity contribution in [2.24, 2.45) is 0 Å². The van der Waals surface area contributed by atoms with Gasteiger partial charge in [-0.3, -0.25) is 0 Å². The molecule has 1 saturated heterocycles. The van der Waals surface area contributed by atoms with Gasteiger partial charge in [-0.1, -0.05) is 24.6 Å². The molecule has 5 rings (SSSR count). The van der Waals surface area contributed by atoms with E-state index in [1.54, 1.807) is 42.7 Å². The number of benzene rings is 1. The van der Waals surface area contributed by atoms with E-state index in [-0.39, 0.29) is 4.90 Å². The number of fused-ring (bicyclic) bond motifs is 3. The molecule has 1 N–H and O–H groups in total. The maximum absolute atomic E-state index is 13.1. The molecule has 4 aromatic rings. The summed E-state index contributed by atoms with van der Waals surface area (Å²) in [4.78, 5) is 9.19. The number of nitrogens with zero attached hydrogens (tertiary/aromatic N) is 4. The molecular formula is C20H21N5O2S. The summed E-state index contributed by atoms with van der Waals surface area (Å²) >= 11 is 0. The van der Waals surface area contributed by atoms with Crippen LogP contribution in [0.1, 0.15) is 25.3 Å². The van der Waals surface area contributed by atoms with Gasteiger partial charge in [-0.2, -0.15) is 0 Å². The highest BCUT2D eigenvalue weighted by atomic mass is 32.2. The van der Waals surface area contributed by atoms with Crippen LogP contribution in [-0.4, -0.2) is 40.0 Å². The van der Waals surface area contributed by atoms with Gasteiger partial charge in [0.15, 0.2) is 5.65 Å². The van der Waals surface area contributed by atoms with Crippen LogP contribution in [0.4, 0.5) is 0 Å². The van der Waals surface area contributed by atoms with E-state index in [0.29, 0.717) is 11.7 Å². The second kappa shape index (κ2) is 6.72. The molecule has 0 radical (unpaired) electrons. The van der Waals surface area contributed by atoms with Crippen LogP contribution in [0.15, 0.2) is 60.0 Å². The number of pyridine rings is 1. The standard InChI is InChI=1S/C20H21N5O2S/c26-28(27,16-7-2-1-3-8-16)25-11-9-17-19-18(13-22-20(17)25)23-14-24(19)15-6-4-5-10-21-12-15/h1-3,7-9,11,13-15,21H,4-6,10,12H2/t15-/m0/s1. The third kappa shape index (κ3) is 2.71. The van der Waals surface area contributed by atoms with Crippen LogP contribution in [0.3, 0.4) is 0 Å². The highest BCUT2D eigenvalue weighted by molar-refractivity contribution is 7.90. The molecule has 1 aliphatic rings. The van der Waals surface area contributed by atoms with Gasteiger partial charge < -0.3 is 9.88 Å². The Balaban J connectivity index is 1.69. The van der Waals surface area contributed by atoms with E-state index < -0.39 is 10.0 Å². The Kier molecular flexibility index (Phi) is 4.17. The summed E-state index contributed by atoms with van der Waals surface area (Å²) < 4.78 is 29.7. The van der Waals surface area contributed by atoms with Crippen LogP contribution in [0.5, 0.6) is 0 Å². The fourth-order valence-electron chi connectivity index (χ4n) is 4.00. The first-order valence-electron chi connectivity index (χ1n) is 9.50. The first-order valence-corrected chi connectivity index (χ1v) is 10.9. The molecule has 8 heteroatoms. The normalized spacial score (nSPS) is 18.5. The summed E-state index contributed by atoms with van der Waals surface area (Å²) in [7, 11) is -3.71.